The number of nitrogens with zero attached hydrogens (tertiary/aromatic N) is 3. The van der Waals surface area contributed by atoms with E-state index in [0.29, 0.717) is 11.4 Å². The fourth-order valence-corrected chi connectivity index (χ4v) is 1.85. The molecule has 5 nitrogen and oxygen atoms in total. The van der Waals surface area contributed by atoms with Crippen LogP contribution < -0.4 is 5.32 Å². The van der Waals surface area contributed by atoms with Crippen LogP contribution in [-0.4, -0.2) is 21.1 Å². The Labute approximate surface area is 121 Å². The maximum absolute atomic E-state index is 12.0. The smallest absolute Gasteiger partial charge is 0.258 e. The van der Waals surface area contributed by atoms with Crippen LogP contribution in [-0.2, 0) is 0 Å². The molecular weight excluding hydrogens is 264 g/mol. The highest BCUT2D eigenvalue weighted by Crippen LogP contribution is 2.16. The van der Waals surface area contributed by atoms with Crippen molar-refractivity contribution in [3.63, 3.8) is 0 Å². The number of carbonyl (C=O) groups excluding carboxylic acids is 1. The Morgan fingerprint density at radius 3 is 2.43 bits per heavy atom. The fraction of sp³-hybridized carbons (Fsp3) is 0. The summed E-state index contributed by atoms with van der Waals surface area (Å²) in [5, 5.41) is 10.8. The summed E-state index contributed by atoms with van der Waals surface area (Å²) < 4.78 is 0. The largest absolute Gasteiger partial charge is 0.305 e. The second-order valence-corrected chi connectivity index (χ2v) is 4.37. The van der Waals surface area contributed by atoms with Gasteiger partial charge in [0.15, 0.2) is 5.82 Å². The van der Waals surface area contributed by atoms with Crippen LogP contribution in [0.5, 0.6) is 0 Å². The SMILES string of the molecule is O=C(Nc1ccc(-c2ccccc2)nn1)c1cccnc1. The van der Waals surface area contributed by atoms with Crippen LogP contribution in [0.15, 0.2) is 67.0 Å². The Kier molecular flexibility index (Phi) is 3.64. The molecule has 0 fully saturated rings. The van der Waals surface area contributed by atoms with Gasteiger partial charge < -0.3 is 5.32 Å². The van der Waals surface area contributed by atoms with Crippen LogP contribution in [0.1, 0.15) is 10.4 Å². The van der Waals surface area contributed by atoms with E-state index < -0.39 is 0 Å². The van der Waals surface area contributed by atoms with E-state index >= 15 is 0 Å². The summed E-state index contributed by atoms with van der Waals surface area (Å²) in [4.78, 5) is 15.9. The second kappa shape index (κ2) is 5.92. The van der Waals surface area contributed by atoms with Gasteiger partial charge in [-0.15, -0.1) is 10.2 Å². The van der Waals surface area contributed by atoms with E-state index in [9.17, 15) is 4.79 Å². The van der Waals surface area contributed by atoms with Gasteiger partial charge in [-0.05, 0) is 24.3 Å². The van der Waals surface area contributed by atoms with E-state index in [4.69, 9.17) is 0 Å². The van der Waals surface area contributed by atoms with E-state index in [1.807, 2.05) is 36.4 Å². The van der Waals surface area contributed by atoms with Gasteiger partial charge in [0.1, 0.15) is 0 Å². The molecule has 0 saturated carbocycles. The molecule has 1 aromatic carbocycles. The van der Waals surface area contributed by atoms with Crippen LogP contribution in [0.25, 0.3) is 11.3 Å². The maximum atomic E-state index is 12.0. The van der Waals surface area contributed by atoms with E-state index in [1.54, 1.807) is 24.4 Å². The molecule has 1 amide bonds. The van der Waals surface area contributed by atoms with Gasteiger partial charge in [0.2, 0.25) is 0 Å². The zero-order chi connectivity index (χ0) is 14.5. The normalized spacial score (nSPS) is 10.1. The topological polar surface area (TPSA) is 67.8 Å². The molecule has 0 unspecified atom stereocenters. The second-order valence-electron chi connectivity index (χ2n) is 4.37. The van der Waals surface area contributed by atoms with Crippen molar-refractivity contribution in [1.29, 1.82) is 0 Å². The molecule has 0 saturated heterocycles. The van der Waals surface area contributed by atoms with E-state index in [0.717, 1.165) is 11.3 Å². The zero-order valence-corrected chi connectivity index (χ0v) is 11.1. The average molecular weight is 276 g/mol. The summed E-state index contributed by atoms with van der Waals surface area (Å²) in [6.07, 6.45) is 3.12. The number of hydrogen-bond donors (Lipinski definition) is 1. The molecule has 0 atom stereocenters. The molecule has 0 spiro atoms. The Bertz CT molecular complexity index is 727. The molecule has 21 heavy (non-hydrogen) atoms. The molecule has 1 N–H and O–H groups in total. The molecule has 102 valence electrons. The lowest BCUT2D eigenvalue weighted by molar-refractivity contribution is 0.102. The summed E-state index contributed by atoms with van der Waals surface area (Å²) in [7, 11) is 0. The van der Waals surface area contributed by atoms with Crippen LogP contribution >= 0.6 is 0 Å². The van der Waals surface area contributed by atoms with Gasteiger partial charge >= 0.3 is 0 Å². The Morgan fingerprint density at radius 1 is 0.905 bits per heavy atom. The van der Waals surface area contributed by atoms with Crippen molar-refractivity contribution >= 4 is 11.7 Å². The number of pyridine rings is 1. The van der Waals surface area contributed by atoms with E-state index in [1.165, 1.54) is 6.20 Å². The van der Waals surface area contributed by atoms with Crippen molar-refractivity contribution in [2.75, 3.05) is 5.32 Å². The Hall–Kier alpha value is -3.08. The number of aromatic nitrogens is 3. The first-order chi connectivity index (χ1) is 10.3. The molecule has 2 heterocycles. The monoisotopic (exact) mass is 276 g/mol. The van der Waals surface area contributed by atoms with Crippen molar-refractivity contribution in [2.45, 2.75) is 0 Å². The average Bonchev–Trinajstić information content (AvgIpc) is 2.57. The quantitative estimate of drug-likeness (QED) is 0.798. The first-order valence-corrected chi connectivity index (χ1v) is 6.43. The number of carbonyl (C=O) groups is 1. The van der Waals surface area contributed by atoms with Crippen LogP contribution in [0.3, 0.4) is 0 Å². The van der Waals surface area contributed by atoms with Gasteiger partial charge in [0.05, 0.1) is 11.3 Å². The molecule has 3 aromatic rings. The lowest BCUT2D eigenvalue weighted by atomic mass is 10.1. The minimum atomic E-state index is -0.259. The van der Waals surface area contributed by atoms with E-state index in [-0.39, 0.29) is 5.91 Å². The Morgan fingerprint density at radius 2 is 1.76 bits per heavy atom. The van der Waals surface area contributed by atoms with Crippen LogP contribution in [0, 0.1) is 0 Å². The van der Waals surface area contributed by atoms with Gasteiger partial charge in [-0.2, -0.15) is 0 Å². The third-order valence-electron chi connectivity index (χ3n) is 2.90. The lowest BCUT2D eigenvalue weighted by Crippen LogP contribution is -2.13. The number of hydrogen-bond acceptors (Lipinski definition) is 4. The number of anilines is 1. The zero-order valence-electron chi connectivity index (χ0n) is 11.1. The third kappa shape index (κ3) is 3.09. The summed E-state index contributed by atoms with van der Waals surface area (Å²) in [6.45, 7) is 0. The summed E-state index contributed by atoms with van der Waals surface area (Å²) in [5.41, 5.74) is 2.22. The van der Waals surface area contributed by atoms with Crippen LogP contribution in [0.4, 0.5) is 5.82 Å². The highest BCUT2D eigenvalue weighted by molar-refractivity contribution is 6.03. The molecule has 0 bridgehead atoms. The number of amides is 1. The minimum absolute atomic E-state index is 0.259. The third-order valence-corrected chi connectivity index (χ3v) is 2.90. The van der Waals surface area contributed by atoms with Gasteiger partial charge in [-0.25, -0.2) is 0 Å². The van der Waals surface area contributed by atoms with Gasteiger partial charge in [0.25, 0.3) is 5.91 Å². The predicted molar refractivity (Wildman–Crippen MR) is 79.7 cm³/mol. The molecule has 3 rings (SSSR count). The molecule has 0 aliphatic carbocycles. The minimum Gasteiger partial charge on any atom is -0.305 e. The predicted octanol–water partition coefficient (Wildman–Crippen LogP) is 2.79. The van der Waals surface area contributed by atoms with Gasteiger partial charge in [-0.1, -0.05) is 30.3 Å². The summed E-state index contributed by atoms with van der Waals surface area (Å²) in [6, 6.07) is 16.7. The molecule has 0 aliphatic rings. The first kappa shape index (κ1) is 12.9. The number of nitrogens with one attached hydrogen (secondary N) is 1. The molecular formula is C16H12N4O. The van der Waals surface area contributed by atoms with Gasteiger partial charge in [-0.3, -0.25) is 9.78 Å². The van der Waals surface area contributed by atoms with Gasteiger partial charge in [0, 0.05) is 18.0 Å². The standard InChI is InChI=1S/C16H12N4O/c21-16(13-7-4-10-17-11-13)18-15-9-8-14(19-20-15)12-5-2-1-3-6-12/h1-11H,(H,18,20,21). The van der Waals surface area contributed by atoms with Crippen molar-refractivity contribution in [3.05, 3.63) is 72.6 Å². The first-order valence-electron chi connectivity index (χ1n) is 6.43. The highest BCUT2D eigenvalue weighted by atomic mass is 16.1. The molecule has 0 aliphatic heterocycles. The summed E-state index contributed by atoms with van der Waals surface area (Å²) >= 11 is 0. The van der Waals surface area contributed by atoms with Crippen molar-refractivity contribution in [2.24, 2.45) is 0 Å². The highest BCUT2D eigenvalue weighted by Gasteiger charge is 2.07. The number of benzene rings is 1. The molecule has 2 aromatic heterocycles. The maximum Gasteiger partial charge on any atom is 0.258 e. The van der Waals surface area contributed by atoms with Crippen molar-refractivity contribution in [1.82, 2.24) is 15.2 Å². The lowest BCUT2D eigenvalue weighted by Gasteiger charge is -2.04. The molecule has 5 heteroatoms. The van der Waals surface area contributed by atoms with Crippen LogP contribution in [0.2, 0.25) is 0 Å². The summed E-state index contributed by atoms with van der Waals surface area (Å²) in [5.74, 6) is 0.147. The fourth-order valence-electron chi connectivity index (χ4n) is 1.85. The van der Waals surface area contributed by atoms with Crippen molar-refractivity contribution < 1.29 is 4.79 Å². The molecule has 0 radical (unpaired) electrons. The van der Waals surface area contributed by atoms with Crippen molar-refractivity contribution in [3.8, 4) is 11.3 Å². The van der Waals surface area contributed by atoms with E-state index in [2.05, 4.69) is 20.5 Å². The number of rotatable bonds is 3. The Balaban J connectivity index is 1.75.